The second-order valence-electron chi connectivity index (χ2n) is 5.37. The third-order valence-electron chi connectivity index (χ3n) is 3.38. The number of fused-ring (bicyclic) bond motifs is 1. The van der Waals surface area contributed by atoms with Gasteiger partial charge in [0, 0.05) is 35.1 Å². The van der Waals surface area contributed by atoms with E-state index in [-0.39, 0.29) is 0 Å². The van der Waals surface area contributed by atoms with Gasteiger partial charge in [-0.2, -0.15) is 0 Å². The topological polar surface area (TPSA) is 78.9 Å². The summed E-state index contributed by atoms with van der Waals surface area (Å²) in [7, 11) is 0. The Balaban J connectivity index is 2.13. The molecule has 112 valence electrons. The van der Waals surface area contributed by atoms with Gasteiger partial charge in [-0.3, -0.25) is 9.78 Å². The average Bonchev–Trinajstić information content (AvgIpc) is 2.95. The van der Waals surface area contributed by atoms with Crippen LogP contribution < -0.4 is 0 Å². The van der Waals surface area contributed by atoms with Crippen LogP contribution in [0.2, 0.25) is 0 Å². The number of carboxylic acid groups (broad SMARTS) is 1. The van der Waals surface area contributed by atoms with Crippen LogP contribution in [0, 0.1) is 0 Å². The molecular formula is C16H15N3O2S. The molecule has 0 unspecified atom stereocenters. The Kier molecular flexibility index (Phi) is 3.62. The zero-order chi connectivity index (χ0) is 15.7. The minimum atomic E-state index is -0.975. The van der Waals surface area contributed by atoms with Gasteiger partial charge in [0.05, 0.1) is 0 Å². The first kappa shape index (κ1) is 14.6. The Hall–Kier alpha value is -2.34. The van der Waals surface area contributed by atoms with Gasteiger partial charge < -0.3 is 10.1 Å². The van der Waals surface area contributed by atoms with Crippen molar-refractivity contribution in [2.24, 2.45) is 0 Å². The van der Waals surface area contributed by atoms with Crippen LogP contribution in [0.4, 0.5) is 0 Å². The van der Waals surface area contributed by atoms with Crippen LogP contribution in [-0.2, 0) is 4.79 Å². The highest BCUT2D eigenvalue weighted by molar-refractivity contribution is 8.01. The predicted molar refractivity (Wildman–Crippen MR) is 86.9 cm³/mol. The summed E-state index contributed by atoms with van der Waals surface area (Å²) in [6.45, 7) is 3.32. The average molecular weight is 313 g/mol. The van der Waals surface area contributed by atoms with Crippen molar-refractivity contribution >= 4 is 28.6 Å². The predicted octanol–water partition coefficient (Wildman–Crippen LogP) is 3.58. The summed E-state index contributed by atoms with van der Waals surface area (Å²) < 4.78 is -0.975. The van der Waals surface area contributed by atoms with Gasteiger partial charge in [-0.15, -0.1) is 0 Å². The molecule has 3 rings (SSSR count). The van der Waals surface area contributed by atoms with E-state index in [2.05, 4.69) is 15.0 Å². The lowest BCUT2D eigenvalue weighted by molar-refractivity contribution is -0.138. The molecule has 0 saturated carbocycles. The van der Waals surface area contributed by atoms with Gasteiger partial charge >= 0.3 is 5.97 Å². The number of thioether (sulfide) groups is 1. The fourth-order valence-electron chi connectivity index (χ4n) is 2.16. The Morgan fingerprint density at radius 3 is 2.77 bits per heavy atom. The molecule has 0 aliphatic carbocycles. The van der Waals surface area contributed by atoms with Crippen molar-refractivity contribution in [3.8, 4) is 11.3 Å². The first-order chi connectivity index (χ1) is 10.5. The zero-order valence-electron chi connectivity index (χ0n) is 12.2. The van der Waals surface area contributed by atoms with Gasteiger partial charge in [0.25, 0.3) is 0 Å². The second kappa shape index (κ2) is 5.46. The maximum absolute atomic E-state index is 11.4. The van der Waals surface area contributed by atoms with Crippen LogP contribution in [0.1, 0.15) is 13.8 Å². The van der Waals surface area contributed by atoms with Gasteiger partial charge in [0.1, 0.15) is 15.5 Å². The molecule has 3 aromatic rings. The quantitative estimate of drug-likeness (QED) is 0.720. The lowest BCUT2D eigenvalue weighted by atomic mass is 10.1. The van der Waals surface area contributed by atoms with Crippen LogP contribution >= 0.6 is 11.8 Å². The number of nitrogens with zero attached hydrogens (tertiary/aromatic N) is 2. The van der Waals surface area contributed by atoms with Gasteiger partial charge in [-0.25, -0.2) is 4.98 Å². The number of carbonyl (C=O) groups is 1. The minimum absolute atomic E-state index is 0.614. The van der Waals surface area contributed by atoms with E-state index in [9.17, 15) is 9.90 Å². The molecule has 0 aliphatic rings. The molecule has 0 aliphatic heterocycles. The molecule has 0 spiro atoms. The summed E-state index contributed by atoms with van der Waals surface area (Å²) in [5.41, 5.74) is 2.65. The van der Waals surface area contributed by atoms with E-state index < -0.39 is 10.7 Å². The van der Waals surface area contributed by atoms with Crippen LogP contribution in [0.3, 0.4) is 0 Å². The molecule has 22 heavy (non-hydrogen) atoms. The van der Waals surface area contributed by atoms with E-state index in [1.807, 2.05) is 30.5 Å². The highest BCUT2D eigenvalue weighted by atomic mass is 32.2. The minimum Gasteiger partial charge on any atom is -0.480 e. The normalized spacial score (nSPS) is 11.7. The number of rotatable bonds is 4. The molecule has 0 radical (unpaired) electrons. The maximum Gasteiger partial charge on any atom is 0.319 e. The van der Waals surface area contributed by atoms with E-state index in [4.69, 9.17) is 0 Å². The van der Waals surface area contributed by atoms with E-state index in [1.54, 1.807) is 26.2 Å². The maximum atomic E-state index is 11.4. The highest BCUT2D eigenvalue weighted by Gasteiger charge is 2.30. The number of aliphatic carboxylic acids is 1. The number of benzene rings is 1. The molecule has 2 aromatic heterocycles. The number of H-pyrrole nitrogens is 1. The van der Waals surface area contributed by atoms with Gasteiger partial charge in [0.15, 0.2) is 0 Å². The fraction of sp³-hybridized carbons (Fsp3) is 0.188. The summed E-state index contributed by atoms with van der Waals surface area (Å²) in [4.78, 5) is 23.3. The molecule has 0 fully saturated rings. The van der Waals surface area contributed by atoms with Gasteiger partial charge in [-0.05, 0) is 26.0 Å². The van der Waals surface area contributed by atoms with E-state index >= 15 is 0 Å². The SMILES string of the molecule is CC(C)(Sc1nccnc1-c1cccc2[nH]ccc12)C(=O)O. The van der Waals surface area contributed by atoms with Crippen LogP contribution in [0.5, 0.6) is 0 Å². The van der Waals surface area contributed by atoms with Gasteiger partial charge in [-0.1, -0.05) is 23.9 Å². The smallest absolute Gasteiger partial charge is 0.319 e. The lowest BCUT2D eigenvalue weighted by Gasteiger charge is -2.19. The van der Waals surface area contributed by atoms with Crippen molar-refractivity contribution in [2.45, 2.75) is 23.6 Å². The number of hydrogen-bond donors (Lipinski definition) is 2. The Morgan fingerprint density at radius 1 is 1.23 bits per heavy atom. The number of aromatic nitrogens is 3. The summed E-state index contributed by atoms with van der Waals surface area (Å²) in [6.07, 6.45) is 5.08. The summed E-state index contributed by atoms with van der Waals surface area (Å²) in [6, 6.07) is 7.89. The zero-order valence-corrected chi connectivity index (χ0v) is 13.0. The van der Waals surface area contributed by atoms with Crippen molar-refractivity contribution in [1.82, 2.24) is 15.0 Å². The molecule has 2 heterocycles. The highest BCUT2D eigenvalue weighted by Crippen LogP contribution is 2.38. The van der Waals surface area contributed by atoms with Crippen molar-refractivity contribution < 1.29 is 9.90 Å². The number of carboxylic acids is 1. The summed E-state index contributed by atoms with van der Waals surface area (Å²) in [5.74, 6) is -0.881. The van der Waals surface area contributed by atoms with E-state index in [0.717, 1.165) is 16.5 Å². The third kappa shape index (κ3) is 2.57. The molecule has 0 bridgehead atoms. The fourth-order valence-corrected chi connectivity index (χ4v) is 3.11. The van der Waals surface area contributed by atoms with Crippen molar-refractivity contribution in [3.63, 3.8) is 0 Å². The standard InChI is InChI=1S/C16H15N3O2S/c1-16(2,15(20)21)22-14-13(18-8-9-19-14)11-4-3-5-12-10(11)6-7-17-12/h3-9,17H,1-2H3,(H,20,21). The Morgan fingerprint density at radius 2 is 2.00 bits per heavy atom. The van der Waals surface area contributed by atoms with Crippen LogP contribution in [0.15, 0.2) is 47.9 Å². The Bertz CT molecular complexity index is 842. The lowest BCUT2D eigenvalue weighted by Crippen LogP contribution is -2.27. The number of hydrogen-bond acceptors (Lipinski definition) is 4. The summed E-state index contributed by atoms with van der Waals surface area (Å²) in [5, 5.41) is 11.0. The van der Waals surface area contributed by atoms with Crippen LogP contribution in [-0.4, -0.2) is 30.8 Å². The monoisotopic (exact) mass is 313 g/mol. The molecule has 0 atom stereocenters. The molecule has 2 N–H and O–H groups in total. The third-order valence-corrected chi connectivity index (χ3v) is 4.56. The number of nitrogens with one attached hydrogen (secondary N) is 1. The van der Waals surface area contributed by atoms with Gasteiger partial charge in [0.2, 0.25) is 0 Å². The molecular weight excluding hydrogens is 298 g/mol. The molecule has 0 saturated heterocycles. The van der Waals surface area contributed by atoms with Crippen LogP contribution in [0.25, 0.3) is 22.2 Å². The van der Waals surface area contributed by atoms with E-state index in [1.165, 1.54) is 11.8 Å². The second-order valence-corrected chi connectivity index (χ2v) is 6.98. The number of aromatic amines is 1. The molecule has 1 aromatic carbocycles. The van der Waals surface area contributed by atoms with Crippen molar-refractivity contribution in [1.29, 1.82) is 0 Å². The van der Waals surface area contributed by atoms with Crippen molar-refractivity contribution in [2.75, 3.05) is 0 Å². The molecule has 6 heteroatoms. The van der Waals surface area contributed by atoms with E-state index in [0.29, 0.717) is 10.7 Å². The Labute approximate surface area is 131 Å². The largest absolute Gasteiger partial charge is 0.480 e. The van der Waals surface area contributed by atoms with Crippen molar-refractivity contribution in [3.05, 3.63) is 42.9 Å². The molecule has 0 amide bonds. The first-order valence-corrected chi connectivity index (χ1v) is 7.60. The molecule has 5 nitrogen and oxygen atoms in total. The first-order valence-electron chi connectivity index (χ1n) is 6.79. The summed E-state index contributed by atoms with van der Waals surface area (Å²) >= 11 is 1.20.